The molecule has 2 unspecified atom stereocenters. The maximum atomic E-state index is 5.84. The van der Waals surface area contributed by atoms with Crippen molar-refractivity contribution in [1.29, 1.82) is 0 Å². The molecule has 1 heterocycles. The molecule has 0 saturated carbocycles. The molecule has 0 aliphatic carbocycles. The average molecular weight is 233 g/mol. The molecule has 1 aromatic rings. The number of rotatable bonds is 3. The first kappa shape index (κ1) is 12.6. The molecule has 1 saturated heterocycles. The minimum Gasteiger partial charge on any atom is -0.329 e. The molecule has 0 amide bonds. The first-order valence-electron chi connectivity index (χ1n) is 6.39. The number of nitrogens with zero attached hydrogens (tertiary/aromatic N) is 2. The quantitative estimate of drug-likeness (QED) is 0.850. The molecule has 2 rings (SSSR count). The lowest BCUT2D eigenvalue weighted by Crippen LogP contribution is -2.58. The SMILES string of the molecule is CC1CN(Cc2ccccc2)CC(CN)N1C. The molecule has 1 aromatic carbocycles. The van der Waals surface area contributed by atoms with Crippen molar-refractivity contribution < 1.29 is 0 Å². The summed E-state index contributed by atoms with van der Waals surface area (Å²) in [5.74, 6) is 0. The fourth-order valence-corrected chi connectivity index (χ4v) is 2.58. The Balaban J connectivity index is 1.98. The van der Waals surface area contributed by atoms with Gasteiger partial charge in [0.05, 0.1) is 0 Å². The largest absolute Gasteiger partial charge is 0.329 e. The maximum absolute atomic E-state index is 5.84. The van der Waals surface area contributed by atoms with E-state index in [-0.39, 0.29) is 0 Å². The van der Waals surface area contributed by atoms with Crippen LogP contribution in [0.3, 0.4) is 0 Å². The van der Waals surface area contributed by atoms with Crippen molar-refractivity contribution in [3.8, 4) is 0 Å². The fourth-order valence-electron chi connectivity index (χ4n) is 2.58. The molecule has 1 aliphatic heterocycles. The van der Waals surface area contributed by atoms with Crippen LogP contribution in [0.15, 0.2) is 30.3 Å². The normalized spacial score (nSPS) is 27.2. The van der Waals surface area contributed by atoms with Gasteiger partial charge in [-0.3, -0.25) is 9.80 Å². The molecular weight excluding hydrogens is 210 g/mol. The van der Waals surface area contributed by atoms with E-state index in [0.29, 0.717) is 12.1 Å². The predicted molar refractivity (Wildman–Crippen MR) is 71.8 cm³/mol. The minimum absolute atomic E-state index is 0.488. The van der Waals surface area contributed by atoms with Crippen LogP contribution in [0, 0.1) is 0 Å². The Morgan fingerprint density at radius 3 is 2.59 bits per heavy atom. The zero-order valence-corrected chi connectivity index (χ0v) is 10.8. The molecule has 1 aliphatic rings. The lowest BCUT2D eigenvalue weighted by molar-refractivity contribution is 0.0511. The smallest absolute Gasteiger partial charge is 0.0346 e. The highest BCUT2D eigenvalue weighted by Crippen LogP contribution is 2.15. The Morgan fingerprint density at radius 1 is 1.24 bits per heavy atom. The van der Waals surface area contributed by atoms with Gasteiger partial charge in [-0.1, -0.05) is 30.3 Å². The van der Waals surface area contributed by atoms with E-state index < -0.39 is 0 Å². The fraction of sp³-hybridized carbons (Fsp3) is 0.571. The summed E-state index contributed by atoms with van der Waals surface area (Å²) in [6, 6.07) is 11.7. The Kier molecular flexibility index (Phi) is 4.15. The Hall–Kier alpha value is -0.900. The van der Waals surface area contributed by atoms with Crippen molar-refractivity contribution in [3.05, 3.63) is 35.9 Å². The Morgan fingerprint density at radius 2 is 1.94 bits per heavy atom. The highest BCUT2D eigenvalue weighted by Gasteiger charge is 2.28. The number of hydrogen-bond donors (Lipinski definition) is 1. The summed E-state index contributed by atoms with van der Waals surface area (Å²) in [5, 5.41) is 0. The summed E-state index contributed by atoms with van der Waals surface area (Å²) >= 11 is 0. The van der Waals surface area contributed by atoms with Crippen molar-refractivity contribution in [3.63, 3.8) is 0 Å². The lowest BCUT2D eigenvalue weighted by Gasteiger charge is -2.43. The molecule has 0 spiro atoms. The van der Waals surface area contributed by atoms with Crippen LogP contribution < -0.4 is 5.73 Å². The van der Waals surface area contributed by atoms with Crippen LogP contribution in [0.5, 0.6) is 0 Å². The highest BCUT2D eigenvalue weighted by molar-refractivity contribution is 5.14. The van der Waals surface area contributed by atoms with Gasteiger partial charge in [-0.15, -0.1) is 0 Å². The second-order valence-electron chi connectivity index (χ2n) is 5.08. The van der Waals surface area contributed by atoms with E-state index in [9.17, 15) is 0 Å². The molecule has 2 N–H and O–H groups in total. The van der Waals surface area contributed by atoms with E-state index in [4.69, 9.17) is 5.73 Å². The molecule has 3 heteroatoms. The minimum atomic E-state index is 0.488. The third-order valence-corrected chi connectivity index (χ3v) is 3.78. The summed E-state index contributed by atoms with van der Waals surface area (Å²) in [5.41, 5.74) is 7.23. The van der Waals surface area contributed by atoms with E-state index in [0.717, 1.165) is 26.2 Å². The second-order valence-corrected chi connectivity index (χ2v) is 5.08. The number of hydrogen-bond acceptors (Lipinski definition) is 3. The summed E-state index contributed by atoms with van der Waals surface area (Å²) in [7, 11) is 2.18. The van der Waals surface area contributed by atoms with E-state index in [1.807, 2.05) is 0 Å². The van der Waals surface area contributed by atoms with Gasteiger partial charge in [0, 0.05) is 38.3 Å². The van der Waals surface area contributed by atoms with Gasteiger partial charge in [-0.2, -0.15) is 0 Å². The first-order valence-corrected chi connectivity index (χ1v) is 6.39. The van der Waals surface area contributed by atoms with Crippen LogP contribution in [-0.4, -0.2) is 48.6 Å². The Labute approximate surface area is 104 Å². The molecule has 0 radical (unpaired) electrons. The topological polar surface area (TPSA) is 32.5 Å². The van der Waals surface area contributed by atoms with Gasteiger partial charge in [-0.05, 0) is 19.5 Å². The van der Waals surface area contributed by atoms with Gasteiger partial charge in [0.1, 0.15) is 0 Å². The molecule has 17 heavy (non-hydrogen) atoms. The molecule has 94 valence electrons. The van der Waals surface area contributed by atoms with Crippen LogP contribution >= 0.6 is 0 Å². The van der Waals surface area contributed by atoms with Crippen molar-refractivity contribution in [2.45, 2.75) is 25.6 Å². The molecule has 0 bridgehead atoms. The third-order valence-electron chi connectivity index (χ3n) is 3.78. The van der Waals surface area contributed by atoms with Gasteiger partial charge >= 0.3 is 0 Å². The van der Waals surface area contributed by atoms with Crippen molar-refractivity contribution in [2.24, 2.45) is 5.73 Å². The van der Waals surface area contributed by atoms with Crippen molar-refractivity contribution in [2.75, 3.05) is 26.7 Å². The molecule has 2 atom stereocenters. The van der Waals surface area contributed by atoms with Crippen LogP contribution in [0.1, 0.15) is 12.5 Å². The highest BCUT2D eigenvalue weighted by atomic mass is 15.3. The van der Waals surface area contributed by atoms with Crippen LogP contribution in [0.2, 0.25) is 0 Å². The van der Waals surface area contributed by atoms with Crippen molar-refractivity contribution >= 4 is 0 Å². The van der Waals surface area contributed by atoms with Gasteiger partial charge in [0.2, 0.25) is 0 Å². The molecular formula is C14H23N3. The molecule has 1 fully saturated rings. The van der Waals surface area contributed by atoms with Gasteiger partial charge in [0.25, 0.3) is 0 Å². The van der Waals surface area contributed by atoms with Gasteiger partial charge in [0.15, 0.2) is 0 Å². The van der Waals surface area contributed by atoms with Gasteiger partial charge in [-0.25, -0.2) is 0 Å². The monoisotopic (exact) mass is 233 g/mol. The van der Waals surface area contributed by atoms with E-state index >= 15 is 0 Å². The zero-order valence-electron chi connectivity index (χ0n) is 10.8. The van der Waals surface area contributed by atoms with Crippen LogP contribution in [0.4, 0.5) is 0 Å². The lowest BCUT2D eigenvalue weighted by atomic mass is 10.1. The zero-order chi connectivity index (χ0) is 12.3. The van der Waals surface area contributed by atoms with Crippen LogP contribution in [0.25, 0.3) is 0 Å². The van der Waals surface area contributed by atoms with E-state index in [1.54, 1.807) is 0 Å². The summed E-state index contributed by atoms with van der Waals surface area (Å²) in [4.78, 5) is 4.92. The average Bonchev–Trinajstić information content (AvgIpc) is 2.35. The summed E-state index contributed by atoms with van der Waals surface area (Å²) in [6.45, 7) is 6.26. The standard InChI is InChI=1S/C14H23N3/c1-12-9-17(11-14(8-15)16(12)2)10-13-6-4-3-5-7-13/h3-7,12,14H,8-11,15H2,1-2H3. The second kappa shape index (κ2) is 5.63. The van der Waals surface area contributed by atoms with Crippen LogP contribution in [-0.2, 0) is 6.54 Å². The van der Waals surface area contributed by atoms with Gasteiger partial charge < -0.3 is 5.73 Å². The number of piperazine rings is 1. The van der Waals surface area contributed by atoms with E-state index in [1.165, 1.54) is 5.56 Å². The first-order chi connectivity index (χ1) is 8.20. The Bertz CT molecular complexity index is 339. The summed E-state index contributed by atoms with van der Waals surface area (Å²) < 4.78 is 0. The maximum Gasteiger partial charge on any atom is 0.0346 e. The number of benzene rings is 1. The van der Waals surface area contributed by atoms with E-state index in [2.05, 4.69) is 54.1 Å². The van der Waals surface area contributed by atoms with Crippen molar-refractivity contribution in [1.82, 2.24) is 9.80 Å². The third kappa shape index (κ3) is 3.06. The molecule has 3 nitrogen and oxygen atoms in total. The number of likely N-dealkylation sites (N-methyl/N-ethyl adjacent to an activating group) is 1. The predicted octanol–water partition coefficient (Wildman–Crippen LogP) is 1.15. The molecule has 0 aromatic heterocycles. The summed E-state index contributed by atoms with van der Waals surface area (Å²) in [6.07, 6.45) is 0. The number of nitrogens with two attached hydrogens (primary N) is 1.